The van der Waals surface area contributed by atoms with Crippen molar-refractivity contribution in [1.82, 2.24) is 19.5 Å². The van der Waals surface area contributed by atoms with Crippen LogP contribution in [0.2, 0.25) is 0 Å². The number of nitrogens with one attached hydrogen (secondary N) is 1. The number of thioether (sulfide) groups is 1. The van der Waals surface area contributed by atoms with Crippen LogP contribution >= 0.6 is 11.8 Å². The molecule has 0 saturated carbocycles. The first-order valence-corrected chi connectivity index (χ1v) is 9.35. The summed E-state index contributed by atoms with van der Waals surface area (Å²) in [6.07, 6.45) is 1.59. The van der Waals surface area contributed by atoms with E-state index < -0.39 is 31.1 Å². The molecule has 12 heteroatoms. The fourth-order valence-corrected chi connectivity index (χ4v) is 2.96. The Balaban J connectivity index is 1.87. The molecule has 11 nitrogen and oxygen atoms in total. The van der Waals surface area contributed by atoms with Gasteiger partial charge in [-0.3, -0.25) is 4.57 Å². The molecule has 142 valence electrons. The average Bonchev–Trinajstić information content (AvgIpc) is 3.17. The standard InChI is InChI=1S/C14H21N7O4S/c1-26-4-2-3-17-20-14-18-11(15)8-12(19-14)21(6-16-8)13-10(24)9(23)7(5-22)25-13/h3,6-7,9-10,13,22-24H,2,4-5H2,1H3,(H3,15,18,19,20)/b17-3+/t7-,9-,10-,13-/m1/s1. The smallest absolute Gasteiger partial charge is 0.247 e. The van der Waals surface area contributed by atoms with Gasteiger partial charge in [0.05, 0.1) is 12.9 Å². The quantitative estimate of drug-likeness (QED) is 0.231. The summed E-state index contributed by atoms with van der Waals surface area (Å²) >= 11 is 1.71. The molecule has 0 radical (unpaired) electrons. The number of nitrogens with two attached hydrogens (primary N) is 1. The molecular weight excluding hydrogens is 362 g/mol. The molecule has 4 atom stereocenters. The SMILES string of the molecule is CSCC/C=N/Nc1nc(N)c2ncn([C@@H]3O[C@H](CO)[C@@H](O)[C@H]3O)c2n1. The summed E-state index contributed by atoms with van der Waals surface area (Å²) in [5.41, 5.74) is 9.28. The molecule has 1 saturated heterocycles. The van der Waals surface area contributed by atoms with Gasteiger partial charge in [0, 0.05) is 6.21 Å². The van der Waals surface area contributed by atoms with Crippen molar-refractivity contribution in [3.63, 3.8) is 0 Å². The van der Waals surface area contributed by atoms with Crippen LogP contribution in [0.5, 0.6) is 0 Å². The van der Waals surface area contributed by atoms with Crippen LogP contribution in [0.15, 0.2) is 11.4 Å². The molecule has 3 heterocycles. The van der Waals surface area contributed by atoms with Gasteiger partial charge in [0.25, 0.3) is 0 Å². The largest absolute Gasteiger partial charge is 0.394 e. The van der Waals surface area contributed by atoms with E-state index in [1.165, 1.54) is 10.9 Å². The molecule has 0 unspecified atom stereocenters. The highest BCUT2D eigenvalue weighted by atomic mass is 32.2. The predicted octanol–water partition coefficient (Wildman–Crippen LogP) is -0.829. The molecule has 2 aromatic rings. The molecule has 26 heavy (non-hydrogen) atoms. The first kappa shape index (κ1) is 18.8. The highest BCUT2D eigenvalue weighted by molar-refractivity contribution is 7.98. The second kappa shape index (κ2) is 8.14. The Morgan fingerprint density at radius 3 is 2.92 bits per heavy atom. The van der Waals surface area contributed by atoms with Crippen LogP contribution < -0.4 is 11.2 Å². The lowest BCUT2D eigenvalue weighted by molar-refractivity contribution is -0.0511. The van der Waals surface area contributed by atoms with Crippen molar-refractivity contribution >= 4 is 40.9 Å². The van der Waals surface area contributed by atoms with Crippen LogP contribution in [-0.2, 0) is 4.74 Å². The van der Waals surface area contributed by atoms with Crippen molar-refractivity contribution in [3.8, 4) is 0 Å². The maximum Gasteiger partial charge on any atom is 0.247 e. The minimum atomic E-state index is -1.25. The number of aliphatic hydroxyl groups excluding tert-OH is 3. The molecule has 1 aliphatic heterocycles. The predicted molar refractivity (Wildman–Crippen MR) is 97.9 cm³/mol. The van der Waals surface area contributed by atoms with E-state index in [1.54, 1.807) is 18.0 Å². The molecule has 2 aromatic heterocycles. The van der Waals surface area contributed by atoms with Crippen LogP contribution in [0.4, 0.5) is 11.8 Å². The molecule has 1 fully saturated rings. The molecule has 0 amide bonds. The number of imidazole rings is 1. The summed E-state index contributed by atoms with van der Waals surface area (Å²) in [7, 11) is 0. The third-order valence-electron chi connectivity index (χ3n) is 3.95. The van der Waals surface area contributed by atoms with Crippen molar-refractivity contribution in [2.75, 3.05) is 29.8 Å². The molecule has 3 rings (SSSR count). The lowest BCUT2D eigenvalue weighted by Crippen LogP contribution is -2.33. The third-order valence-corrected chi connectivity index (χ3v) is 4.59. The van der Waals surface area contributed by atoms with Gasteiger partial charge in [0.2, 0.25) is 5.95 Å². The van der Waals surface area contributed by atoms with Crippen LogP contribution in [0.3, 0.4) is 0 Å². The zero-order valence-electron chi connectivity index (χ0n) is 14.1. The second-order valence-corrected chi connectivity index (χ2v) is 6.68. The Kier molecular flexibility index (Phi) is 5.88. The average molecular weight is 383 g/mol. The summed E-state index contributed by atoms with van der Waals surface area (Å²) in [4.78, 5) is 12.5. The van der Waals surface area contributed by atoms with E-state index >= 15 is 0 Å². The summed E-state index contributed by atoms with van der Waals surface area (Å²) in [6, 6.07) is 0. The first-order valence-electron chi connectivity index (χ1n) is 7.95. The Labute approximate surface area is 153 Å². The number of hydrogen-bond acceptors (Lipinski definition) is 11. The summed E-state index contributed by atoms with van der Waals surface area (Å²) in [5, 5.41) is 33.4. The Morgan fingerprint density at radius 2 is 2.23 bits per heavy atom. The second-order valence-electron chi connectivity index (χ2n) is 5.69. The number of hydrazone groups is 1. The van der Waals surface area contributed by atoms with Crippen molar-refractivity contribution in [2.24, 2.45) is 5.10 Å². The number of rotatable bonds is 7. The molecule has 6 N–H and O–H groups in total. The van der Waals surface area contributed by atoms with Gasteiger partial charge in [-0.15, -0.1) is 0 Å². The van der Waals surface area contributed by atoms with Crippen LogP contribution in [0.1, 0.15) is 12.6 Å². The van der Waals surface area contributed by atoms with Crippen molar-refractivity contribution in [2.45, 2.75) is 31.0 Å². The normalized spacial score (nSPS) is 26.2. The Bertz CT molecular complexity index is 786. The zero-order chi connectivity index (χ0) is 18.7. The van der Waals surface area contributed by atoms with Gasteiger partial charge >= 0.3 is 0 Å². The molecule has 0 bridgehead atoms. The van der Waals surface area contributed by atoms with Crippen LogP contribution in [-0.4, -0.2) is 78.0 Å². The maximum atomic E-state index is 10.2. The van der Waals surface area contributed by atoms with Crippen molar-refractivity contribution in [1.29, 1.82) is 0 Å². The summed E-state index contributed by atoms with van der Waals surface area (Å²) in [6.45, 7) is -0.421. The molecular formula is C14H21N7O4S. The van der Waals surface area contributed by atoms with Gasteiger partial charge in [-0.05, 0) is 18.4 Å². The first-order chi connectivity index (χ1) is 12.6. The van der Waals surface area contributed by atoms with Gasteiger partial charge in [-0.25, -0.2) is 10.4 Å². The van der Waals surface area contributed by atoms with Crippen molar-refractivity contribution in [3.05, 3.63) is 6.33 Å². The van der Waals surface area contributed by atoms with Gasteiger partial charge in [-0.2, -0.15) is 26.8 Å². The van der Waals surface area contributed by atoms with E-state index in [4.69, 9.17) is 10.5 Å². The van der Waals surface area contributed by atoms with Crippen LogP contribution in [0.25, 0.3) is 11.2 Å². The van der Waals surface area contributed by atoms with Crippen molar-refractivity contribution < 1.29 is 20.1 Å². The number of aromatic nitrogens is 4. The topological polar surface area (TPSA) is 164 Å². The minimum Gasteiger partial charge on any atom is -0.394 e. The minimum absolute atomic E-state index is 0.141. The van der Waals surface area contributed by atoms with E-state index in [1.807, 2.05) is 6.26 Å². The molecule has 0 aromatic carbocycles. The van der Waals surface area contributed by atoms with E-state index in [2.05, 4.69) is 25.5 Å². The summed E-state index contributed by atoms with van der Waals surface area (Å²) in [5.74, 6) is 1.26. The number of ether oxygens (including phenoxy) is 1. The number of anilines is 2. The van der Waals surface area contributed by atoms with Gasteiger partial charge < -0.3 is 25.8 Å². The molecule has 0 aliphatic carbocycles. The molecule has 0 spiro atoms. The third kappa shape index (κ3) is 3.59. The highest BCUT2D eigenvalue weighted by Gasteiger charge is 2.44. The van der Waals surface area contributed by atoms with E-state index in [0.29, 0.717) is 11.2 Å². The van der Waals surface area contributed by atoms with Gasteiger partial charge in [0.1, 0.15) is 23.8 Å². The Hall–Kier alpha value is -1.99. The van der Waals surface area contributed by atoms with E-state index in [9.17, 15) is 15.3 Å². The monoisotopic (exact) mass is 383 g/mol. The molecule has 1 aliphatic rings. The maximum absolute atomic E-state index is 10.2. The van der Waals surface area contributed by atoms with Crippen LogP contribution in [0, 0.1) is 0 Å². The Morgan fingerprint density at radius 1 is 1.42 bits per heavy atom. The number of nitrogens with zero attached hydrogens (tertiary/aromatic N) is 5. The van der Waals surface area contributed by atoms with E-state index in [0.717, 1.165) is 12.2 Å². The number of hydrogen-bond donors (Lipinski definition) is 5. The zero-order valence-corrected chi connectivity index (χ0v) is 14.9. The van der Waals surface area contributed by atoms with Gasteiger partial charge in [0.15, 0.2) is 17.7 Å². The fourth-order valence-electron chi connectivity index (χ4n) is 2.62. The fraction of sp³-hybridized carbons (Fsp3) is 0.571. The van der Waals surface area contributed by atoms with Gasteiger partial charge in [-0.1, -0.05) is 0 Å². The highest BCUT2D eigenvalue weighted by Crippen LogP contribution is 2.32. The van der Waals surface area contributed by atoms with E-state index in [-0.39, 0.29) is 11.8 Å². The lowest BCUT2D eigenvalue weighted by Gasteiger charge is -2.16. The number of aliphatic hydroxyl groups is 3. The number of fused-ring (bicyclic) bond motifs is 1. The lowest BCUT2D eigenvalue weighted by atomic mass is 10.1. The summed E-state index contributed by atoms with van der Waals surface area (Å²) < 4.78 is 6.96. The number of nitrogen functional groups attached to an aromatic ring is 1.